The Balaban J connectivity index is 2.74. The maximum absolute atomic E-state index is 11.5. The van der Waals surface area contributed by atoms with Crippen molar-refractivity contribution < 1.29 is 4.79 Å². The number of carbonyl (C=O) groups is 1. The van der Waals surface area contributed by atoms with Crippen LogP contribution in [0.2, 0.25) is 0 Å². The van der Waals surface area contributed by atoms with E-state index in [1.54, 1.807) is 19.1 Å². The lowest BCUT2D eigenvalue weighted by Crippen LogP contribution is -2.10. The molecule has 0 saturated carbocycles. The Kier molecular flexibility index (Phi) is 5.00. The number of nitrogen functional groups attached to an aromatic ring is 1. The van der Waals surface area contributed by atoms with Crippen LogP contribution in [0.3, 0.4) is 0 Å². The molecule has 23 heavy (non-hydrogen) atoms. The number of hydrogen-bond donors (Lipinski definition) is 1. The van der Waals surface area contributed by atoms with Gasteiger partial charge >= 0.3 is 0 Å². The summed E-state index contributed by atoms with van der Waals surface area (Å²) in [5.74, 6) is 0.0356. The van der Waals surface area contributed by atoms with E-state index >= 15 is 0 Å². The molecule has 1 atom stereocenters. The quantitative estimate of drug-likeness (QED) is 0.867. The van der Waals surface area contributed by atoms with Crippen LogP contribution in [0.1, 0.15) is 25.0 Å². The van der Waals surface area contributed by atoms with Crippen molar-refractivity contribution in [2.24, 2.45) is 0 Å². The minimum atomic E-state index is -0.356. The van der Waals surface area contributed by atoms with E-state index in [1.807, 2.05) is 24.3 Å². The minimum Gasteiger partial charge on any atom is -0.383 e. The van der Waals surface area contributed by atoms with Gasteiger partial charge in [0, 0.05) is 5.56 Å². The van der Waals surface area contributed by atoms with Crippen molar-refractivity contribution in [1.82, 2.24) is 4.98 Å². The van der Waals surface area contributed by atoms with E-state index in [4.69, 9.17) is 5.73 Å². The molecule has 5 nitrogen and oxygen atoms in total. The molecule has 2 aromatic rings. The molecule has 2 N–H and O–H groups in total. The van der Waals surface area contributed by atoms with Gasteiger partial charge in [-0.15, -0.1) is 0 Å². The van der Waals surface area contributed by atoms with Crippen LogP contribution < -0.4 is 5.73 Å². The number of nitrogens with two attached hydrogens (primary N) is 1. The number of carbonyl (C=O) groups excluding carboxylic acids is 1. The molecule has 0 saturated heterocycles. The number of thioether (sulfide) groups is 1. The van der Waals surface area contributed by atoms with Crippen LogP contribution in [0.4, 0.5) is 5.82 Å². The van der Waals surface area contributed by atoms with E-state index in [9.17, 15) is 15.3 Å². The second-order valence-corrected chi connectivity index (χ2v) is 6.22. The molecule has 0 aliphatic heterocycles. The van der Waals surface area contributed by atoms with Crippen LogP contribution in [-0.2, 0) is 4.79 Å². The van der Waals surface area contributed by atoms with Crippen molar-refractivity contribution in [2.75, 3.05) is 5.73 Å². The summed E-state index contributed by atoms with van der Waals surface area (Å²) in [6.45, 7) is 3.22. The molecule has 6 heteroatoms. The minimum absolute atomic E-state index is 0.0233. The fraction of sp³-hybridized carbons (Fsp3) is 0.176. The van der Waals surface area contributed by atoms with Crippen molar-refractivity contribution in [3.63, 3.8) is 0 Å². The summed E-state index contributed by atoms with van der Waals surface area (Å²) < 4.78 is 0. The van der Waals surface area contributed by atoms with Gasteiger partial charge in [-0.2, -0.15) is 10.5 Å². The number of benzene rings is 1. The van der Waals surface area contributed by atoms with Crippen LogP contribution in [0.15, 0.2) is 35.4 Å². The normalized spacial score (nSPS) is 11.3. The molecule has 1 heterocycles. The SMILES string of the molecule is CC(=O)C(C)Sc1nc(N)c(C#N)c(-c2ccccc2)c1C#N. The van der Waals surface area contributed by atoms with E-state index in [-0.39, 0.29) is 28.0 Å². The van der Waals surface area contributed by atoms with Gasteiger partial charge in [0.25, 0.3) is 0 Å². The molecule has 0 aliphatic carbocycles. The lowest BCUT2D eigenvalue weighted by Gasteiger charge is -2.14. The summed E-state index contributed by atoms with van der Waals surface area (Å²) in [6, 6.07) is 13.2. The van der Waals surface area contributed by atoms with Crippen molar-refractivity contribution in [3.8, 4) is 23.3 Å². The first kappa shape index (κ1) is 16.5. The van der Waals surface area contributed by atoms with E-state index in [1.165, 1.54) is 18.7 Å². The number of pyridine rings is 1. The predicted molar refractivity (Wildman–Crippen MR) is 89.5 cm³/mol. The van der Waals surface area contributed by atoms with E-state index in [2.05, 4.69) is 11.1 Å². The van der Waals surface area contributed by atoms with Crippen LogP contribution in [-0.4, -0.2) is 16.0 Å². The molecule has 2 rings (SSSR count). The molecule has 0 fully saturated rings. The van der Waals surface area contributed by atoms with Crippen LogP contribution in [0, 0.1) is 22.7 Å². The molecular weight excluding hydrogens is 308 g/mol. The summed E-state index contributed by atoms with van der Waals surface area (Å²) in [6.07, 6.45) is 0. The van der Waals surface area contributed by atoms with Crippen molar-refractivity contribution in [1.29, 1.82) is 10.5 Å². The monoisotopic (exact) mass is 322 g/mol. The molecule has 0 bridgehead atoms. The second-order valence-electron chi connectivity index (χ2n) is 4.89. The first-order valence-corrected chi connectivity index (χ1v) is 7.73. The molecule has 0 aliphatic rings. The molecule has 1 unspecified atom stereocenters. The smallest absolute Gasteiger partial charge is 0.143 e. The first-order valence-electron chi connectivity index (χ1n) is 6.85. The van der Waals surface area contributed by atoms with Gasteiger partial charge in [-0.1, -0.05) is 42.1 Å². The fourth-order valence-corrected chi connectivity index (χ4v) is 2.94. The lowest BCUT2D eigenvalue weighted by atomic mass is 9.97. The molecule has 114 valence electrons. The van der Waals surface area contributed by atoms with Crippen LogP contribution >= 0.6 is 11.8 Å². The number of hydrogen-bond acceptors (Lipinski definition) is 6. The Hall–Kier alpha value is -2.83. The molecular formula is C17H14N4OS. The third-order valence-corrected chi connectivity index (χ3v) is 4.54. The number of Topliss-reactive ketones (excluding diaryl/α,β-unsaturated/α-hetero) is 1. The first-order chi connectivity index (χ1) is 11.0. The van der Waals surface area contributed by atoms with Gasteiger partial charge in [0.1, 0.15) is 34.3 Å². The van der Waals surface area contributed by atoms with Gasteiger partial charge in [-0.3, -0.25) is 4.79 Å². The summed E-state index contributed by atoms with van der Waals surface area (Å²) >= 11 is 1.17. The van der Waals surface area contributed by atoms with Gasteiger partial charge in [-0.05, 0) is 19.4 Å². The highest BCUT2D eigenvalue weighted by Gasteiger charge is 2.22. The Morgan fingerprint density at radius 3 is 2.35 bits per heavy atom. The number of rotatable bonds is 4. The summed E-state index contributed by atoms with van der Waals surface area (Å²) in [4.78, 5) is 15.7. The van der Waals surface area contributed by atoms with Gasteiger partial charge in [0.15, 0.2) is 0 Å². The predicted octanol–water partition coefficient (Wildman–Crippen LogP) is 3.14. The Labute approximate surface area is 138 Å². The highest BCUT2D eigenvalue weighted by molar-refractivity contribution is 8.00. The van der Waals surface area contributed by atoms with Gasteiger partial charge in [-0.25, -0.2) is 4.98 Å². The van der Waals surface area contributed by atoms with E-state index in [0.717, 1.165) is 0 Å². The zero-order valence-electron chi connectivity index (χ0n) is 12.7. The largest absolute Gasteiger partial charge is 0.383 e. The van der Waals surface area contributed by atoms with Crippen molar-refractivity contribution in [2.45, 2.75) is 24.1 Å². The number of anilines is 1. The highest BCUT2D eigenvalue weighted by atomic mass is 32.2. The van der Waals surface area contributed by atoms with Gasteiger partial charge in [0.05, 0.1) is 10.8 Å². The zero-order valence-corrected chi connectivity index (χ0v) is 13.5. The maximum atomic E-state index is 11.5. The third-order valence-electron chi connectivity index (χ3n) is 3.34. The number of nitrogens with zero attached hydrogens (tertiary/aromatic N) is 3. The van der Waals surface area contributed by atoms with E-state index < -0.39 is 0 Å². The summed E-state index contributed by atoms with van der Waals surface area (Å²) in [5.41, 5.74) is 7.52. The molecule has 0 radical (unpaired) electrons. The summed E-state index contributed by atoms with van der Waals surface area (Å²) in [5, 5.41) is 19.0. The number of nitriles is 2. The summed E-state index contributed by atoms with van der Waals surface area (Å²) in [7, 11) is 0. The lowest BCUT2D eigenvalue weighted by molar-refractivity contribution is -0.116. The molecule has 1 aromatic carbocycles. The third kappa shape index (κ3) is 3.33. The van der Waals surface area contributed by atoms with Gasteiger partial charge in [0.2, 0.25) is 0 Å². The zero-order chi connectivity index (χ0) is 17.0. The number of ketones is 1. The Bertz CT molecular complexity index is 834. The average molecular weight is 322 g/mol. The van der Waals surface area contributed by atoms with Crippen molar-refractivity contribution >= 4 is 23.4 Å². The highest BCUT2D eigenvalue weighted by Crippen LogP contribution is 2.36. The topological polar surface area (TPSA) is 104 Å². The van der Waals surface area contributed by atoms with Crippen LogP contribution in [0.5, 0.6) is 0 Å². The van der Waals surface area contributed by atoms with Crippen molar-refractivity contribution in [3.05, 3.63) is 41.5 Å². The number of aromatic nitrogens is 1. The van der Waals surface area contributed by atoms with E-state index in [0.29, 0.717) is 16.2 Å². The fourth-order valence-electron chi connectivity index (χ4n) is 2.03. The Morgan fingerprint density at radius 2 is 1.83 bits per heavy atom. The van der Waals surface area contributed by atoms with Crippen LogP contribution in [0.25, 0.3) is 11.1 Å². The molecule has 0 spiro atoms. The molecule has 1 aromatic heterocycles. The van der Waals surface area contributed by atoms with Gasteiger partial charge < -0.3 is 5.73 Å². The Morgan fingerprint density at radius 1 is 1.22 bits per heavy atom. The maximum Gasteiger partial charge on any atom is 0.143 e. The average Bonchev–Trinajstić information content (AvgIpc) is 2.55. The second kappa shape index (κ2) is 6.95. The standard InChI is InChI=1S/C17H14N4OS/c1-10(22)11(2)23-17-14(9-19)15(12-6-4-3-5-7-12)13(8-18)16(20)21-17/h3-7,11H,1-2H3,(H2,20,21). The molecule has 0 amide bonds.